The Bertz CT molecular complexity index is 413. The molecule has 0 aliphatic carbocycles. The molecule has 1 unspecified atom stereocenters. The summed E-state index contributed by atoms with van der Waals surface area (Å²) in [5, 5.41) is 8.92. The van der Waals surface area contributed by atoms with Crippen LogP contribution in [0.15, 0.2) is 24.3 Å². The zero-order valence-corrected chi connectivity index (χ0v) is 9.67. The van der Waals surface area contributed by atoms with E-state index in [2.05, 4.69) is 0 Å². The molecule has 0 aliphatic heterocycles. The SMILES string of the molecule is CCOC(=O)C(C)Oc1ccccc1C(=O)O. The molecule has 17 heavy (non-hydrogen) atoms. The lowest BCUT2D eigenvalue weighted by Crippen LogP contribution is -2.26. The van der Waals surface area contributed by atoms with Gasteiger partial charge in [-0.3, -0.25) is 0 Å². The van der Waals surface area contributed by atoms with Gasteiger partial charge in [-0.05, 0) is 26.0 Å². The maximum absolute atomic E-state index is 11.3. The van der Waals surface area contributed by atoms with E-state index in [9.17, 15) is 9.59 Å². The maximum atomic E-state index is 11.3. The third-order valence-electron chi connectivity index (χ3n) is 2.04. The van der Waals surface area contributed by atoms with Crippen LogP contribution in [0.5, 0.6) is 5.75 Å². The third-order valence-corrected chi connectivity index (χ3v) is 2.04. The van der Waals surface area contributed by atoms with E-state index in [4.69, 9.17) is 14.6 Å². The molecular weight excluding hydrogens is 224 g/mol. The summed E-state index contributed by atoms with van der Waals surface area (Å²) in [6.07, 6.45) is -0.838. The van der Waals surface area contributed by atoms with Gasteiger partial charge in [0.25, 0.3) is 0 Å². The summed E-state index contributed by atoms with van der Waals surface area (Å²) in [5.74, 6) is -1.47. The maximum Gasteiger partial charge on any atom is 0.347 e. The molecule has 0 bridgehead atoms. The van der Waals surface area contributed by atoms with Gasteiger partial charge in [-0.25, -0.2) is 9.59 Å². The number of esters is 1. The molecule has 1 aromatic carbocycles. The molecule has 0 radical (unpaired) electrons. The Balaban J connectivity index is 2.81. The lowest BCUT2D eigenvalue weighted by atomic mass is 10.2. The van der Waals surface area contributed by atoms with E-state index in [-0.39, 0.29) is 17.9 Å². The molecule has 0 aromatic heterocycles. The van der Waals surface area contributed by atoms with E-state index in [1.54, 1.807) is 19.1 Å². The molecule has 0 heterocycles. The van der Waals surface area contributed by atoms with E-state index >= 15 is 0 Å². The second-order valence-corrected chi connectivity index (χ2v) is 3.31. The van der Waals surface area contributed by atoms with Crippen molar-refractivity contribution in [1.82, 2.24) is 0 Å². The highest BCUT2D eigenvalue weighted by Gasteiger charge is 2.19. The molecule has 5 nitrogen and oxygen atoms in total. The number of carboxylic acid groups (broad SMARTS) is 1. The number of carbonyl (C=O) groups excluding carboxylic acids is 1. The number of rotatable bonds is 5. The zero-order valence-electron chi connectivity index (χ0n) is 9.67. The van der Waals surface area contributed by atoms with Crippen LogP contribution in [0.2, 0.25) is 0 Å². The Hall–Kier alpha value is -2.04. The van der Waals surface area contributed by atoms with Crippen molar-refractivity contribution in [3.05, 3.63) is 29.8 Å². The van der Waals surface area contributed by atoms with Crippen LogP contribution in [0.1, 0.15) is 24.2 Å². The Morgan fingerprint density at radius 2 is 2.00 bits per heavy atom. The molecule has 0 aliphatic rings. The molecule has 0 spiro atoms. The molecular formula is C12H14O5. The van der Waals surface area contributed by atoms with Gasteiger partial charge < -0.3 is 14.6 Å². The monoisotopic (exact) mass is 238 g/mol. The minimum absolute atomic E-state index is 0.0173. The molecule has 0 saturated carbocycles. The molecule has 0 fully saturated rings. The van der Waals surface area contributed by atoms with Crippen molar-refractivity contribution in [2.75, 3.05) is 6.61 Å². The summed E-state index contributed by atoms with van der Waals surface area (Å²) in [4.78, 5) is 22.2. The molecule has 1 aromatic rings. The van der Waals surface area contributed by atoms with Crippen molar-refractivity contribution in [2.45, 2.75) is 20.0 Å². The standard InChI is InChI=1S/C12H14O5/c1-3-16-12(15)8(2)17-10-7-5-4-6-9(10)11(13)14/h4-8H,3H2,1-2H3,(H,13,14). The van der Waals surface area contributed by atoms with Crippen LogP contribution in [0.25, 0.3) is 0 Å². The highest BCUT2D eigenvalue weighted by Crippen LogP contribution is 2.19. The molecule has 0 saturated heterocycles. The van der Waals surface area contributed by atoms with Gasteiger partial charge >= 0.3 is 11.9 Å². The average molecular weight is 238 g/mol. The minimum atomic E-state index is -1.10. The van der Waals surface area contributed by atoms with Crippen molar-refractivity contribution in [2.24, 2.45) is 0 Å². The average Bonchev–Trinajstić information content (AvgIpc) is 2.29. The van der Waals surface area contributed by atoms with Crippen LogP contribution in [0.3, 0.4) is 0 Å². The summed E-state index contributed by atoms with van der Waals surface area (Å²) in [6, 6.07) is 6.14. The van der Waals surface area contributed by atoms with E-state index in [1.165, 1.54) is 19.1 Å². The first-order valence-electron chi connectivity index (χ1n) is 5.21. The number of para-hydroxylation sites is 1. The Morgan fingerprint density at radius 1 is 1.35 bits per heavy atom. The molecule has 92 valence electrons. The molecule has 5 heteroatoms. The van der Waals surface area contributed by atoms with Gasteiger partial charge in [-0.15, -0.1) is 0 Å². The Labute approximate surface area is 99.0 Å². The van der Waals surface area contributed by atoms with Crippen molar-refractivity contribution in [3.63, 3.8) is 0 Å². The van der Waals surface area contributed by atoms with Gasteiger partial charge in [0, 0.05) is 0 Å². The lowest BCUT2D eigenvalue weighted by Gasteiger charge is -2.14. The van der Waals surface area contributed by atoms with Gasteiger partial charge in [0.2, 0.25) is 0 Å². The second-order valence-electron chi connectivity index (χ2n) is 3.31. The van der Waals surface area contributed by atoms with E-state index in [1.807, 2.05) is 0 Å². The van der Waals surface area contributed by atoms with Crippen LogP contribution in [-0.2, 0) is 9.53 Å². The number of aromatic carboxylic acids is 1. The number of ether oxygens (including phenoxy) is 2. The summed E-state index contributed by atoms with van der Waals surface area (Å²) >= 11 is 0. The van der Waals surface area contributed by atoms with E-state index in [0.29, 0.717) is 0 Å². The van der Waals surface area contributed by atoms with Crippen LogP contribution >= 0.6 is 0 Å². The minimum Gasteiger partial charge on any atom is -0.478 e. The van der Waals surface area contributed by atoms with Crippen LogP contribution in [0.4, 0.5) is 0 Å². The predicted molar refractivity (Wildman–Crippen MR) is 60.1 cm³/mol. The Kier molecular flexibility index (Phi) is 4.51. The predicted octanol–water partition coefficient (Wildman–Crippen LogP) is 1.72. The summed E-state index contributed by atoms with van der Waals surface area (Å²) in [6.45, 7) is 3.46. The molecule has 0 amide bonds. The van der Waals surface area contributed by atoms with Crippen LogP contribution in [-0.4, -0.2) is 29.8 Å². The van der Waals surface area contributed by atoms with Crippen molar-refractivity contribution >= 4 is 11.9 Å². The first-order valence-corrected chi connectivity index (χ1v) is 5.21. The normalized spacial score (nSPS) is 11.6. The fourth-order valence-electron chi connectivity index (χ4n) is 1.24. The molecule has 1 N–H and O–H groups in total. The summed E-state index contributed by atoms with van der Waals surface area (Å²) in [7, 11) is 0. The molecule has 1 rings (SSSR count). The van der Waals surface area contributed by atoms with Gasteiger partial charge in [0.15, 0.2) is 6.10 Å². The lowest BCUT2D eigenvalue weighted by molar-refractivity contribution is -0.150. The number of carboxylic acids is 1. The van der Waals surface area contributed by atoms with Crippen LogP contribution in [0, 0.1) is 0 Å². The fourth-order valence-corrected chi connectivity index (χ4v) is 1.24. The Morgan fingerprint density at radius 3 is 2.59 bits per heavy atom. The highest BCUT2D eigenvalue weighted by atomic mass is 16.6. The zero-order chi connectivity index (χ0) is 12.8. The van der Waals surface area contributed by atoms with Gasteiger partial charge in [0.1, 0.15) is 11.3 Å². The summed E-state index contributed by atoms with van der Waals surface area (Å²) in [5.41, 5.74) is 0.0173. The largest absolute Gasteiger partial charge is 0.478 e. The first-order chi connectivity index (χ1) is 8.06. The topological polar surface area (TPSA) is 72.8 Å². The second kappa shape index (κ2) is 5.89. The highest BCUT2D eigenvalue weighted by molar-refractivity contribution is 5.91. The van der Waals surface area contributed by atoms with Gasteiger partial charge in [-0.2, -0.15) is 0 Å². The first kappa shape index (κ1) is 13.0. The van der Waals surface area contributed by atoms with Crippen molar-refractivity contribution in [1.29, 1.82) is 0 Å². The van der Waals surface area contributed by atoms with Gasteiger partial charge in [0.05, 0.1) is 6.61 Å². The molecule has 1 atom stereocenters. The summed E-state index contributed by atoms with van der Waals surface area (Å²) < 4.78 is 10.0. The number of benzene rings is 1. The van der Waals surface area contributed by atoms with Crippen molar-refractivity contribution < 1.29 is 24.2 Å². The van der Waals surface area contributed by atoms with Gasteiger partial charge in [-0.1, -0.05) is 12.1 Å². The van der Waals surface area contributed by atoms with Crippen LogP contribution < -0.4 is 4.74 Å². The number of hydrogen-bond acceptors (Lipinski definition) is 4. The van der Waals surface area contributed by atoms with E-state index < -0.39 is 18.0 Å². The number of carbonyl (C=O) groups is 2. The number of hydrogen-bond donors (Lipinski definition) is 1. The smallest absolute Gasteiger partial charge is 0.347 e. The third kappa shape index (κ3) is 3.48. The van der Waals surface area contributed by atoms with Crippen molar-refractivity contribution in [3.8, 4) is 5.75 Å². The fraction of sp³-hybridized carbons (Fsp3) is 0.333. The quantitative estimate of drug-likeness (QED) is 0.790. The van der Waals surface area contributed by atoms with E-state index in [0.717, 1.165) is 0 Å².